The summed E-state index contributed by atoms with van der Waals surface area (Å²) in [4.78, 5) is 34.7. The van der Waals surface area contributed by atoms with Crippen LogP contribution in [0.5, 0.6) is 0 Å². The zero-order chi connectivity index (χ0) is 21.7. The predicted octanol–water partition coefficient (Wildman–Crippen LogP) is 4.85. The van der Waals surface area contributed by atoms with Gasteiger partial charge in [0.25, 0.3) is 11.6 Å². The lowest BCUT2D eigenvalue weighted by molar-refractivity contribution is -0.384. The highest BCUT2D eigenvalue weighted by atomic mass is 79.9. The van der Waals surface area contributed by atoms with Crippen LogP contribution in [0.3, 0.4) is 0 Å². The van der Waals surface area contributed by atoms with Crippen LogP contribution in [-0.4, -0.2) is 32.7 Å². The number of non-ortho nitro benzene ring substituents is 1. The minimum absolute atomic E-state index is 0.0517. The first kappa shape index (κ1) is 22.2. The molecule has 0 radical (unpaired) electrons. The normalized spacial score (nSPS) is 10.5. The Hall–Kier alpha value is -2.54. The van der Waals surface area contributed by atoms with Crippen molar-refractivity contribution in [3.63, 3.8) is 0 Å². The molecule has 0 unspecified atom stereocenters. The zero-order valence-electron chi connectivity index (χ0n) is 14.8. The highest BCUT2D eigenvalue weighted by molar-refractivity contribution is 9.10. The molecule has 3 aromatic rings. The number of rotatable bonds is 7. The van der Waals surface area contributed by atoms with E-state index in [1.807, 2.05) is 12.1 Å². The zero-order valence-corrected chi connectivity index (χ0v) is 18.8. The summed E-state index contributed by atoms with van der Waals surface area (Å²) < 4.78 is 1.38. The fourth-order valence-corrected chi connectivity index (χ4v) is 4.16. The molecule has 0 saturated heterocycles. The lowest BCUT2D eigenvalue weighted by atomic mass is 10.2. The first-order valence-corrected chi connectivity index (χ1v) is 11.1. The molecule has 0 saturated carbocycles. The van der Waals surface area contributed by atoms with Crippen LogP contribution in [0.15, 0.2) is 51.3 Å². The second-order valence-corrected chi connectivity index (χ2v) is 9.12. The summed E-state index contributed by atoms with van der Waals surface area (Å²) in [6.45, 7) is 0. The van der Waals surface area contributed by atoms with Gasteiger partial charge in [0.1, 0.15) is 0 Å². The third-order valence-corrected chi connectivity index (χ3v) is 6.32. The molecule has 1 aromatic heterocycles. The van der Waals surface area contributed by atoms with Crippen molar-refractivity contribution < 1.29 is 14.5 Å². The van der Waals surface area contributed by atoms with E-state index < -0.39 is 10.8 Å². The van der Waals surface area contributed by atoms with Crippen LogP contribution < -0.4 is 10.6 Å². The van der Waals surface area contributed by atoms with Crippen molar-refractivity contribution in [3.8, 4) is 0 Å². The molecular formula is C17H11BrClN5O4S2. The van der Waals surface area contributed by atoms with E-state index in [4.69, 9.17) is 11.6 Å². The summed E-state index contributed by atoms with van der Waals surface area (Å²) in [5.41, 5.74) is 0.363. The number of amides is 2. The van der Waals surface area contributed by atoms with E-state index in [2.05, 4.69) is 36.8 Å². The molecule has 2 aromatic carbocycles. The van der Waals surface area contributed by atoms with Gasteiger partial charge in [-0.1, -0.05) is 50.6 Å². The van der Waals surface area contributed by atoms with Crippen molar-refractivity contribution in [2.24, 2.45) is 0 Å². The highest BCUT2D eigenvalue weighted by Gasteiger charge is 2.18. The summed E-state index contributed by atoms with van der Waals surface area (Å²) >= 11 is 11.5. The van der Waals surface area contributed by atoms with E-state index in [9.17, 15) is 19.7 Å². The smallest absolute Gasteiger partial charge is 0.270 e. The first-order valence-electron chi connectivity index (χ1n) is 8.09. The standard InChI is InChI=1S/C17H11BrClN5O4S2/c18-9-1-3-10(4-2-9)20-14(25)8-29-17-23-22-16(30-17)21-15(26)12-7-11(24(27)28)5-6-13(12)19/h1-7H,8H2,(H,20,25)(H,21,22,26). The third kappa shape index (κ3) is 5.98. The molecule has 0 aliphatic carbocycles. The Kier molecular flexibility index (Phi) is 7.37. The van der Waals surface area contributed by atoms with E-state index in [1.165, 1.54) is 12.1 Å². The van der Waals surface area contributed by atoms with Gasteiger partial charge in [0, 0.05) is 22.3 Å². The molecule has 0 spiro atoms. The third-order valence-electron chi connectivity index (χ3n) is 3.49. The van der Waals surface area contributed by atoms with Crippen LogP contribution in [0, 0.1) is 10.1 Å². The number of nitrogens with zero attached hydrogens (tertiary/aromatic N) is 3. The number of nitro groups is 1. The molecule has 2 N–H and O–H groups in total. The van der Waals surface area contributed by atoms with Crippen LogP contribution in [0.4, 0.5) is 16.5 Å². The molecule has 13 heteroatoms. The van der Waals surface area contributed by atoms with E-state index in [-0.39, 0.29) is 33.1 Å². The summed E-state index contributed by atoms with van der Waals surface area (Å²) in [7, 11) is 0. The Morgan fingerprint density at radius 1 is 1.17 bits per heavy atom. The van der Waals surface area contributed by atoms with Crippen molar-refractivity contribution in [1.29, 1.82) is 0 Å². The second-order valence-electron chi connectivity index (χ2n) is 5.59. The molecule has 0 atom stereocenters. The molecular weight excluding hydrogens is 518 g/mol. The van der Waals surface area contributed by atoms with Crippen molar-refractivity contribution >= 4 is 79.0 Å². The van der Waals surface area contributed by atoms with Gasteiger partial charge in [0.15, 0.2) is 4.34 Å². The SMILES string of the molecule is O=C(CSc1nnc(NC(=O)c2cc([N+](=O)[O-])ccc2Cl)s1)Nc1ccc(Br)cc1. The maximum Gasteiger partial charge on any atom is 0.270 e. The molecule has 9 nitrogen and oxygen atoms in total. The van der Waals surface area contributed by atoms with Gasteiger partial charge in [-0.15, -0.1) is 10.2 Å². The summed E-state index contributed by atoms with van der Waals surface area (Å²) in [5.74, 6) is -0.758. The van der Waals surface area contributed by atoms with E-state index in [1.54, 1.807) is 12.1 Å². The number of anilines is 2. The van der Waals surface area contributed by atoms with Crippen LogP contribution in [0.2, 0.25) is 5.02 Å². The fourth-order valence-electron chi connectivity index (χ4n) is 2.14. The number of hydrogen-bond acceptors (Lipinski definition) is 8. The monoisotopic (exact) mass is 527 g/mol. The van der Waals surface area contributed by atoms with Gasteiger partial charge in [-0.05, 0) is 30.3 Å². The number of benzene rings is 2. The minimum atomic E-state index is -0.649. The van der Waals surface area contributed by atoms with Gasteiger partial charge in [0.05, 0.1) is 21.3 Å². The number of nitro benzene ring substituents is 1. The van der Waals surface area contributed by atoms with Crippen molar-refractivity contribution in [2.75, 3.05) is 16.4 Å². The van der Waals surface area contributed by atoms with Crippen LogP contribution in [-0.2, 0) is 4.79 Å². The van der Waals surface area contributed by atoms with Gasteiger partial charge >= 0.3 is 0 Å². The molecule has 1 heterocycles. The Morgan fingerprint density at radius 2 is 1.90 bits per heavy atom. The molecule has 154 valence electrons. The largest absolute Gasteiger partial charge is 0.325 e. The summed E-state index contributed by atoms with van der Waals surface area (Å²) in [6, 6.07) is 10.7. The average molecular weight is 529 g/mol. The number of halogens is 2. The van der Waals surface area contributed by atoms with Crippen molar-refractivity contribution in [1.82, 2.24) is 10.2 Å². The van der Waals surface area contributed by atoms with E-state index in [0.29, 0.717) is 10.0 Å². The molecule has 0 fully saturated rings. The predicted molar refractivity (Wildman–Crippen MR) is 119 cm³/mol. The number of thioether (sulfide) groups is 1. The van der Waals surface area contributed by atoms with Crippen LogP contribution >= 0.6 is 50.6 Å². The summed E-state index contributed by atoms with van der Waals surface area (Å²) in [5, 5.41) is 24.1. The lowest BCUT2D eigenvalue weighted by Crippen LogP contribution is -2.13. The molecule has 30 heavy (non-hydrogen) atoms. The second kappa shape index (κ2) is 9.98. The van der Waals surface area contributed by atoms with Crippen LogP contribution in [0.25, 0.3) is 0 Å². The van der Waals surface area contributed by atoms with Gasteiger partial charge in [-0.25, -0.2) is 0 Å². The quantitative estimate of drug-likeness (QED) is 0.194. The Bertz CT molecular complexity index is 1110. The van der Waals surface area contributed by atoms with Gasteiger partial charge in [-0.3, -0.25) is 25.0 Å². The molecule has 2 amide bonds. The van der Waals surface area contributed by atoms with Gasteiger partial charge in [-0.2, -0.15) is 0 Å². The molecule has 3 rings (SSSR count). The van der Waals surface area contributed by atoms with Crippen molar-refractivity contribution in [2.45, 2.75) is 4.34 Å². The Balaban J connectivity index is 1.56. The van der Waals surface area contributed by atoms with E-state index >= 15 is 0 Å². The fraction of sp³-hybridized carbons (Fsp3) is 0.0588. The average Bonchev–Trinajstić information content (AvgIpc) is 3.15. The Labute approximate surface area is 191 Å². The number of carbonyl (C=O) groups excluding carboxylic acids is 2. The highest BCUT2D eigenvalue weighted by Crippen LogP contribution is 2.27. The van der Waals surface area contributed by atoms with Crippen LogP contribution in [0.1, 0.15) is 10.4 Å². The molecule has 0 bridgehead atoms. The van der Waals surface area contributed by atoms with Crippen molar-refractivity contribution in [3.05, 3.63) is 67.6 Å². The number of hydrogen-bond donors (Lipinski definition) is 2. The Morgan fingerprint density at radius 3 is 2.60 bits per heavy atom. The van der Waals surface area contributed by atoms with Gasteiger partial charge in [0.2, 0.25) is 11.0 Å². The lowest BCUT2D eigenvalue weighted by Gasteiger charge is -2.04. The van der Waals surface area contributed by atoms with E-state index in [0.717, 1.165) is 33.6 Å². The topological polar surface area (TPSA) is 127 Å². The van der Waals surface area contributed by atoms with Gasteiger partial charge < -0.3 is 5.32 Å². The summed E-state index contributed by atoms with van der Waals surface area (Å²) in [6.07, 6.45) is 0. The number of aromatic nitrogens is 2. The maximum atomic E-state index is 12.4. The maximum absolute atomic E-state index is 12.4. The number of nitrogens with one attached hydrogen (secondary N) is 2. The molecule has 0 aliphatic rings. The minimum Gasteiger partial charge on any atom is -0.325 e. The first-order chi connectivity index (χ1) is 14.3. The number of carbonyl (C=O) groups is 2. The molecule has 0 aliphatic heterocycles.